The molecule has 3 N–H and O–H groups in total. The fourth-order valence-electron chi connectivity index (χ4n) is 5.12. The number of aromatic nitrogens is 2. The van der Waals surface area contributed by atoms with Crippen LogP contribution < -0.4 is 10.6 Å². The second-order valence-electron chi connectivity index (χ2n) is 10.7. The molecule has 0 unspecified atom stereocenters. The van der Waals surface area contributed by atoms with Crippen molar-refractivity contribution in [2.45, 2.75) is 77.9 Å². The molecule has 9 heteroatoms. The molecule has 1 aliphatic rings. The first kappa shape index (κ1) is 29.4. The van der Waals surface area contributed by atoms with Crippen molar-refractivity contribution in [1.29, 1.82) is 0 Å². The summed E-state index contributed by atoms with van der Waals surface area (Å²) >= 11 is 0. The average Bonchev–Trinajstić information content (AvgIpc) is 3.19. The van der Waals surface area contributed by atoms with Gasteiger partial charge in [0.1, 0.15) is 11.4 Å². The van der Waals surface area contributed by atoms with Gasteiger partial charge in [0.05, 0.1) is 29.1 Å². The number of aryl methyl sites for hydroxylation is 2. The van der Waals surface area contributed by atoms with Crippen LogP contribution >= 0.6 is 0 Å². The highest BCUT2D eigenvalue weighted by molar-refractivity contribution is 7.85. The summed E-state index contributed by atoms with van der Waals surface area (Å²) in [5.41, 5.74) is 4.33. The van der Waals surface area contributed by atoms with E-state index >= 15 is 0 Å². The maximum absolute atomic E-state index is 13.8. The summed E-state index contributed by atoms with van der Waals surface area (Å²) in [7, 11) is -3.67. The van der Waals surface area contributed by atoms with Crippen molar-refractivity contribution in [2.75, 3.05) is 11.6 Å². The van der Waals surface area contributed by atoms with E-state index in [-0.39, 0.29) is 17.5 Å². The van der Waals surface area contributed by atoms with Crippen LogP contribution in [0, 0.1) is 13.8 Å². The van der Waals surface area contributed by atoms with E-state index in [1.165, 1.54) is 11.1 Å². The molecule has 0 spiro atoms. The Hall–Kier alpha value is -3.17. The van der Waals surface area contributed by atoms with E-state index in [0.29, 0.717) is 11.8 Å². The van der Waals surface area contributed by atoms with Gasteiger partial charge in [0, 0.05) is 0 Å². The summed E-state index contributed by atoms with van der Waals surface area (Å²) in [6.45, 7) is 12.7. The molecule has 1 atom stereocenters. The lowest BCUT2D eigenvalue weighted by molar-refractivity contribution is 0.0889. The molecule has 4 rings (SSSR count). The maximum Gasteiger partial charge on any atom is 0.261 e. The Balaban J connectivity index is 0.000000732. The summed E-state index contributed by atoms with van der Waals surface area (Å²) < 4.78 is 27.9. The lowest BCUT2D eigenvalue weighted by Gasteiger charge is -2.38. The number of hydrogen-bond acceptors (Lipinski definition) is 5. The number of carbonyl (C=O) groups is 1. The number of rotatable bonds is 6. The molecule has 0 fully saturated rings. The van der Waals surface area contributed by atoms with Gasteiger partial charge in [-0.2, -0.15) is 13.5 Å². The van der Waals surface area contributed by atoms with Gasteiger partial charge in [-0.25, -0.2) is 4.68 Å². The van der Waals surface area contributed by atoms with Crippen molar-refractivity contribution < 1.29 is 17.8 Å². The predicted molar refractivity (Wildman–Crippen MR) is 152 cm³/mol. The van der Waals surface area contributed by atoms with Crippen molar-refractivity contribution in [3.05, 3.63) is 82.5 Å². The molecule has 0 aliphatic carbocycles. The molecule has 206 valence electrons. The van der Waals surface area contributed by atoms with E-state index in [1.807, 2.05) is 17.7 Å². The molecule has 0 radical (unpaired) electrons. The van der Waals surface area contributed by atoms with E-state index in [0.717, 1.165) is 36.3 Å². The van der Waals surface area contributed by atoms with Crippen molar-refractivity contribution in [3.8, 4) is 0 Å². The Morgan fingerprint density at radius 2 is 1.66 bits per heavy atom. The highest BCUT2D eigenvalue weighted by Gasteiger charge is 2.39. The maximum atomic E-state index is 13.8. The third-order valence-corrected chi connectivity index (χ3v) is 7.24. The van der Waals surface area contributed by atoms with Gasteiger partial charge >= 0.3 is 0 Å². The number of benzene rings is 2. The standard InChI is InChI=1S/C28H36N4O.CH4O3S/c1-7-28(8-2,22-16-14-19(3)15-17-22)30-26(33)24-20(4)31-32-25(24)29-23(18-27(32,5)6)21-12-10-9-11-13-21;1-5(2,3)4/h9-17,23,29H,7-8,18H2,1-6H3,(H,30,33);1H3,(H,2,3,4)/t23-;/m1./s1. The van der Waals surface area contributed by atoms with Crippen molar-refractivity contribution in [2.24, 2.45) is 0 Å². The van der Waals surface area contributed by atoms with Gasteiger partial charge in [0.15, 0.2) is 0 Å². The molecule has 8 nitrogen and oxygen atoms in total. The summed E-state index contributed by atoms with van der Waals surface area (Å²) in [4.78, 5) is 13.8. The molecule has 0 saturated carbocycles. The van der Waals surface area contributed by atoms with Crippen LogP contribution in [0.3, 0.4) is 0 Å². The van der Waals surface area contributed by atoms with Gasteiger partial charge < -0.3 is 10.6 Å². The molecule has 3 aromatic rings. The predicted octanol–water partition coefficient (Wildman–Crippen LogP) is 5.74. The van der Waals surface area contributed by atoms with Gasteiger partial charge in [-0.05, 0) is 58.1 Å². The van der Waals surface area contributed by atoms with Gasteiger partial charge in [-0.1, -0.05) is 74.0 Å². The second-order valence-corrected chi connectivity index (χ2v) is 12.2. The largest absolute Gasteiger partial charge is 0.363 e. The lowest BCUT2D eigenvalue weighted by Crippen LogP contribution is -2.45. The lowest BCUT2D eigenvalue weighted by atomic mass is 9.84. The monoisotopic (exact) mass is 540 g/mol. The first-order chi connectivity index (χ1) is 17.7. The molecule has 2 aromatic carbocycles. The van der Waals surface area contributed by atoms with E-state index < -0.39 is 15.7 Å². The van der Waals surface area contributed by atoms with Gasteiger partial charge in [0.2, 0.25) is 0 Å². The zero-order chi connectivity index (χ0) is 28.3. The third kappa shape index (κ3) is 6.63. The van der Waals surface area contributed by atoms with Crippen molar-refractivity contribution in [3.63, 3.8) is 0 Å². The summed E-state index contributed by atoms with van der Waals surface area (Å²) in [5.74, 6) is 0.732. The first-order valence-electron chi connectivity index (χ1n) is 12.9. The third-order valence-electron chi connectivity index (χ3n) is 7.24. The van der Waals surface area contributed by atoms with E-state index in [4.69, 9.17) is 9.65 Å². The van der Waals surface area contributed by atoms with E-state index in [9.17, 15) is 13.2 Å². The van der Waals surface area contributed by atoms with Gasteiger partial charge in [-0.3, -0.25) is 9.35 Å². The normalized spacial score (nSPS) is 16.5. The van der Waals surface area contributed by atoms with Crippen molar-refractivity contribution >= 4 is 21.8 Å². The van der Waals surface area contributed by atoms with Crippen molar-refractivity contribution in [1.82, 2.24) is 15.1 Å². The summed E-state index contributed by atoms with van der Waals surface area (Å²) in [5, 5.41) is 11.9. The molecule has 1 aliphatic heterocycles. The summed E-state index contributed by atoms with van der Waals surface area (Å²) in [6, 6.07) is 19.1. The Bertz CT molecular complexity index is 1350. The van der Waals surface area contributed by atoms with Crippen LogP contribution in [-0.2, 0) is 21.2 Å². The zero-order valence-corrected chi connectivity index (χ0v) is 24.2. The number of anilines is 1. The van der Waals surface area contributed by atoms with Crippen LogP contribution in [0.1, 0.15) is 85.7 Å². The molecule has 0 bridgehead atoms. The Kier molecular flexibility index (Phi) is 8.73. The van der Waals surface area contributed by atoms with Crippen LogP contribution in [0.5, 0.6) is 0 Å². The van der Waals surface area contributed by atoms with Crippen LogP contribution in [0.4, 0.5) is 5.82 Å². The van der Waals surface area contributed by atoms with E-state index in [1.54, 1.807) is 0 Å². The number of hydrogen-bond donors (Lipinski definition) is 3. The van der Waals surface area contributed by atoms with Gasteiger partial charge in [0.25, 0.3) is 16.0 Å². The van der Waals surface area contributed by atoms with Crippen LogP contribution in [-0.4, -0.2) is 34.9 Å². The number of amides is 1. The molecular formula is C29H40N4O4S. The Morgan fingerprint density at radius 1 is 1.11 bits per heavy atom. The minimum atomic E-state index is -3.67. The number of fused-ring (bicyclic) bond motifs is 1. The number of carbonyl (C=O) groups excluding carboxylic acids is 1. The second kappa shape index (κ2) is 11.3. The van der Waals surface area contributed by atoms with Crippen LogP contribution in [0.15, 0.2) is 54.6 Å². The molecule has 38 heavy (non-hydrogen) atoms. The highest BCUT2D eigenvalue weighted by Crippen LogP contribution is 2.41. The summed E-state index contributed by atoms with van der Waals surface area (Å²) in [6.07, 6.45) is 3.23. The molecule has 2 heterocycles. The quantitative estimate of drug-likeness (QED) is 0.344. The topological polar surface area (TPSA) is 113 Å². The first-order valence-corrected chi connectivity index (χ1v) is 14.8. The van der Waals surface area contributed by atoms with Crippen LogP contribution in [0.25, 0.3) is 0 Å². The minimum absolute atomic E-state index is 0.0740. The average molecular weight is 541 g/mol. The Morgan fingerprint density at radius 3 is 2.18 bits per heavy atom. The molecule has 1 amide bonds. The van der Waals surface area contributed by atoms with Crippen LogP contribution in [0.2, 0.25) is 0 Å². The van der Waals surface area contributed by atoms with E-state index in [2.05, 4.69) is 93.8 Å². The fraction of sp³-hybridized carbons (Fsp3) is 0.448. The number of nitrogens with one attached hydrogen (secondary N) is 2. The zero-order valence-electron chi connectivity index (χ0n) is 23.4. The molecular weight excluding hydrogens is 500 g/mol. The highest BCUT2D eigenvalue weighted by atomic mass is 32.2. The van der Waals surface area contributed by atoms with Gasteiger partial charge in [-0.15, -0.1) is 0 Å². The molecule has 1 aromatic heterocycles. The number of nitrogens with zero attached hydrogens (tertiary/aromatic N) is 2. The smallest absolute Gasteiger partial charge is 0.261 e. The molecule has 0 saturated heterocycles. The minimum Gasteiger partial charge on any atom is -0.363 e. The fourth-order valence-corrected chi connectivity index (χ4v) is 5.12. The Labute approximate surface area is 226 Å². The SMILES string of the molecule is CCC(CC)(NC(=O)c1c(C)nn2c1N[C@@H](c1ccccc1)CC2(C)C)c1ccc(C)cc1.CS(=O)(=O)O.